The van der Waals surface area contributed by atoms with Gasteiger partial charge in [0.2, 0.25) is 0 Å². The van der Waals surface area contributed by atoms with E-state index in [1.807, 2.05) is 6.92 Å². The van der Waals surface area contributed by atoms with Crippen LogP contribution in [0.3, 0.4) is 0 Å². The van der Waals surface area contributed by atoms with Gasteiger partial charge < -0.3 is 10.6 Å². The Balaban J connectivity index is 2.53. The number of likely N-dealkylation sites (N-methyl/N-ethyl adjacent to an activating group) is 1. The molecule has 1 amide bonds. The van der Waals surface area contributed by atoms with Crippen molar-refractivity contribution in [1.29, 1.82) is 0 Å². The number of nitrogens with one attached hydrogen (secondary N) is 2. The van der Waals surface area contributed by atoms with Crippen molar-refractivity contribution in [2.75, 3.05) is 19.6 Å². The van der Waals surface area contributed by atoms with Gasteiger partial charge in [0.05, 0.1) is 0 Å². The molecule has 1 aromatic rings. The van der Waals surface area contributed by atoms with E-state index in [9.17, 15) is 9.18 Å². The van der Waals surface area contributed by atoms with Crippen LogP contribution in [0.4, 0.5) is 4.39 Å². The van der Waals surface area contributed by atoms with Gasteiger partial charge in [-0.2, -0.15) is 0 Å². The van der Waals surface area contributed by atoms with Crippen molar-refractivity contribution in [2.24, 2.45) is 0 Å². The fourth-order valence-corrected chi connectivity index (χ4v) is 1.42. The standard InChI is InChI=1S/C12H17FN2O/c1-3-14-6-7-15-12(16)11-5-4-10(13)8-9(11)2/h4-5,8,14H,3,6-7H2,1-2H3,(H,15,16). The molecule has 16 heavy (non-hydrogen) atoms. The van der Waals surface area contributed by atoms with E-state index in [1.54, 1.807) is 6.92 Å². The Hall–Kier alpha value is -1.42. The summed E-state index contributed by atoms with van der Waals surface area (Å²) in [7, 11) is 0. The zero-order valence-corrected chi connectivity index (χ0v) is 9.64. The second-order valence-electron chi connectivity index (χ2n) is 3.57. The van der Waals surface area contributed by atoms with Crippen LogP contribution >= 0.6 is 0 Å². The number of hydrogen-bond acceptors (Lipinski definition) is 2. The summed E-state index contributed by atoms with van der Waals surface area (Å²) in [4.78, 5) is 11.7. The summed E-state index contributed by atoms with van der Waals surface area (Å²) in [6, 6.07) is 4.17. The molecule has 0 unspecified atom stereocenters. The monoisotopic (exact) mass is 224 g/mol. The summed E-state index contributed by atoms with van der Waals surface area (Å²) >= 11 is 0. The van der Waals surface area contributed by atoms with Crippen LogP contribution in [0.15, 0.2) is 18.2 Å². The van der Waals surface area contributed by atoms with Crippen molar-refractivity contribution in [2.45, 2.75) is 13.8 Å². The maximum atomic E-state index is 12.8. The van der Waals surface area contributed by atoms with Gasteiger partial charge in [0.25, 0.3) is 5.91 Å². The molecule has 0 fully saturated rings. The molecule has 88 valence electrons. The van der Waals surface area contributed by atoms with Crippen LogP contribution in [0.25, 0.3) is 0 Å². The molecule has 0 radical (unpaired) electrons. The minimum Gasteiger partial charge on any atom is -0.351 e. The maximum Gasteiger partial charge on any atom is 0.251 e. The molecule has 0 spiro atoms. The van der Waals surface area contributed by atoms with Crippen molar-refractivity contribution in [3.05, 3.63) is 35.1 Å². The Morgan fingerprint density at radius 3 is 2.75 bits per heavy atom. The van der Waals surface area contributed by atoms with E-state index in [2.05, 4.69) is 10.6 Å². The topological polar surface area (TPSA) is 41.1 Å². The van der Waals surface area contributed by atoms with E-state index < -0.39 is 0 Å². The second kappa shape index (κ2) is 6.23. The molecule has 0 aliphatic rings. The fraction of sp³-hybridized carbons (Fsp3) is 0.417. The lowest BCUT2D eigenvalue weighted by Gasteiger charge is -2.07. The van der Waals surface area contributed by atoms with E-state index in [0.29, 0.717) is 17.7 Å². The number of amides is 1. The van der Waals surface area contributed by atoms with Crippen LogP contribution in [-0.2, 0) is 0 Å². The Labute approximate surface area is 95.0 Å². The molecule has 3 nitrogen and oxygen atoms in total. The number of carbonyl (C=O) groups excluding carboxylic acids is 1. The highest BCUT2D eigenvalue weighted by Crippen LogP contribution is 2.09. The fourth-order valence-electron chi connectivity index (χ4n) is 1.42. The molecule has 0 aliphatic carbocycles. The molecule has 1 rings (SSSR count). The van der Waals surface area contributed by atoms with Gasteiger partial charge in [-0.3, -0.25) is 4.79 Å². The summed E-state index contributed by atoms with van der Waals surface area (Å²) < 4.78 is 12.8. The molecule has 0 aromatic heterocycles. The van der Waals surface area contributed by atoms with Crippen LogP contribution in [0, 0.1) is 12.7 Å². The van der Waals surface area contributed by atoms with Gasteiger partial charge in [0, 0.05) is 18.7 Å². The lowest BCUT2D eigenvalue weighted by molar-refractivity contribution is 0.0953. The number of hydrogen-bond donors (Lipinski definition) is 2. The Morgan fingerprint density at radius 2 is 2.12 bits per heavy atom. The van der Waals surface area contributed by atoms with E-state index in [0.717, 1.165) is 13.1 Å². The zero-order chi connectivity index (χ0) is 12.0. The number of aryl methyl sites for hydroxylation is 1. The molecule has 0 bridgehead atoms. The zero-order valence-electron chi connectivity index (χ0n) is 9.64. The van der Waals surface area contributed by atoms with Gasteiger partial charge in [-0.25, -0.2) is 4.39 Å². The predicted molar refractivity (Wildman–Crippen MR) is 62.0 cm³/mol. The highest BCUT2D eigenvalue weighted by Gasteiger charge is 2.08. The largest absolute Gasteiger partial charge is 0.351 e. The molecular weight excluding hydrogens is 207 g/mol. The third-order valence-electron chi connectivity index (χ3n) is 2.27. The number of carbonyl (C=O) groups is 1. The minimum atomic E-state index is -0.318. The van der Waals surface area contributed by atoms with E-state index >= 15 is 0 Å². The normalized spacial score (nSPS) is 10.2. The third-order valence-corrected chi connectivity index (χ3v) is 2.27. The van der Waals surface area contributed by atoms with Crippen LogP contribution in [-0.4, -0.2) is 25.5 Å². The molecule has 0 heterocycles. The average Bonchev–Trinajstić information content (AvgIpc) is 2.24. The van der Waals surface area contributed by atoms with Gasteiger partial charge in [0.1, 0.15) is 5.82 Å². The first-order chi connectivity index (χ1) is 7.65. The highest BCUT2D eigenvalue weighted by molar-refractivity contribution is 5.95. The molecule has 4 heteroatoms. The molecule has 2 N–H and O–H groups in total. The summed E-state index contributed by atoms with van der Waals surface area (Å²) in [5, 5.41) is 5.87. The molecule has 1 aromatic carbocycles. The molecule has 0 saturated carbocycles. The lowest BCUT2D eigenvalue weighted by Crippen LogP contribution is -2.32. The van der Waals surface area contributed by atoms with Crippen molar-refractivity contribution in [3.8, 4) is 0 Å². The van der Waals surface area contributed by atoms with Crippen LogP contribution < -0.4 is 10.6 Å². The number of halogens is 1. The van der Waals surface area contributed by atoms with E-state index in [4.69, 9.17) is 0 Å². The van der Waals surface area contributed by atoms with E-state index in [-0.39, 0.29) is 11.7 Å². The van der Waals surface area contributed by atoms with Crippen LogP contribution in [0.1, 0.15) is 22.8 Å². The SMILES string of the molecule is CCNCCNC(=O)c1ccc(F)cc1C. The quantitative estimate of drug-likeness (QED) is 0.744. The maximum absolute atomic E-state index is 12.8. The third kappa shape index (κ3) is 3.62. The minimum absolute atomic E-state index is 0.157. The van der Waals surface area contributed by atoms with Gasteiger partial charge >= 0.3 is 0 Å². The van der Waals surface area contributed by atoms with Gasteiger partial charge in [0.15, 0.2) is 0 Å². The summed E-state index contributed by atoms with van der Waals surface area (Å²) in [5.74, 6) is -0.475. The van der Waals surface area contributed by atoms with Crippen LogP contribution in [0.2, 0.25) is 0 Å². The Morgan fingerprint density at radius 1 is 1.38 bits per heavy atom. The van der Waals surface area contributed by atoms with Crippen molar-refractivity contribution in [1.82, 2.24) is 10.6 Å². The first-order valence-corrected chi connectivity index (χ1v) is 5.40. The van der Waals surface area contributed by atoms with Crippen molar-refractivity contribution >= 4 is 5.91 Å². The van der Waals surface area contributed by atoms with Crippen molar-refractivity contribution in [3.63, 3.8) is 0 Å². The first kappa shape index (κ1) is 12.6. The molecule has 0 saturated heterocycles. The first-order valence-electron chi connectivity index (χ1n) is 5.40. The highest BCUT2D eigenvalue weighted by atomic mass is 19.1. The van der Waals surface area contributed by atoms with E-state index in [1.165, 1.54) is 18.2 Å². The van der Waals surface area contributed by atoms with Crippen LogP contribution in [0.5, 0.6) is 0 Å². The van der Waals surface area contributed by atoms with Gasteiger partial charge in [-0.15, -0.1) is 0 Å². The summed E-state index contributed by atoms with van der Waals surface area (Å²) in [6.07, 6.45) is 0. The van der Waals surface area contributed by atoms with Crippen molar-refractivity contribution < 1.29 is 9.18 Å². The number of benzene rings is 1. The molecule has 0 atom stereocenters. The summed E-state index contributed by atoms with van der Waals surface area (Å²) in [5.41, 5.74) is 1.18. The molecule has 0 aliphatic heterocycles. The Kier molecular flexibility index (Phi) is 4.92. The smallest absolute Gasteiger partial charge is 0.251 e. The molecular formula is C12H17FN2O. The predicted octanol–water partition coefficient (Wildman–Crippen LogP) is 1.47. The second-order valence-corrected chi connectivity index (χ2v) is 3.57. The van der Waals surface area contributed by atoms with Gasteiger partial charge in [-0.05, 0) is 37.2 Å². The lowest BCUT2D eigenvalue weighted by atomic mass is 10.1. The summed E-state index contributed by atoms with van der Waals surface area (Å²) in [6.45, 7) is 5.92. The van der Waals surface area contributed by atoms with Gasteiger partial charge in [-0.1, -0.05) is 6.92 Å². The Bertz CT molecular complexity index is 366. The number of rotatable bonds is 5. The average molecular weight is 224 g/mol.